The molecule has 4 aliphatic carbocycles. The Labute approximate surface area is 588 Å². The van der Waals surface area contributed by atoms with Gasteiger partial charge >= 0.3 is 11.9 Å². The molecule has 538 valence electrons. The van der Waals surface area contributed by atoms with Crippen molar-refractivity contribution in [1.82, 2.24) is 0 Å². The first kappa shape index (κ1) is 78.3. The molecule has 10 rings (SSSR count). The molecule has 0 unspecified atom stereocenters. The summed E-state index contributed by atoms with van der Waals surface area (Å²) in [6.07, 6.45) is 33.2. The van der Waals surface area contributed by atoms with Crippen molar-refractivity contribution in [2.24, 2.45) is 29.6 Å². The zero-order chi connectivity index (χ0) is 72.1. The van der Waals surface area contributed by atoms with Gasteiger partial charge in [0.25, 0.3) is 0 Å². The summed E-state index contributed by atoms with van der Waals surface area (Å²) >= 11 is 0. The lowest BCUT2D eigenvalue weighted by molar-refractivity contribution is 0.0103. The van der Waals surface area contributed by atoms with Gasteiger partial charge in [-0.15, -0.1) is 0 Å². The number of benzene rings is 4. The molecule has 0 aromatic heterocycles. The van der Waals surface area contributed by atoms with E-state index in [9.17, 15) is 50.4 Å². The van der Waals surface area contributed by atoms with Crippen molar-refractivity contribution in [3.63, 3.8) is 0 Å². The average Bonchev–Trinajstić information content (AvgIpc) is 0.758. The SMILES string of the molecule is C=C(C)[C@@H]1CCC(C)=C[C@H]1c1c(O)cc(CCCCC)cc1O.CCCCCc1cc(O)c([C@@H]2C=C(C)CC[C@H]2C(C)C)c(O)c1C(=O)O.CCCCCc1cc(O)c2c(c1)OC(C)(C)[C@@H]1CCC(C)=C[C@@H]21.CCCCCc1cc2c(c(O)c1C(=O)O)[C@@H]1C=C(C)CC[C@H]1C(C)(C)O2. The third-order valence-corrected chi connectivity index (χ3v) is 22.2. The molecule has 4 aromatic carbocycles. The van der Waals surface area contributed by atoms with Crippen molar-refractivity contribution < 1.29 is 59.9 Å². The lowest BCUT2D eigenvalue weighted by Gasteiger charge is -2.46. The highest BCUT2D eigenvalue weighted by Crippen LogP contribution is 2.57. The Bertz CT molecular complexity index is 3540. The Morgan fingerprint density at radius 2 is 0.837 bits per heavy atom. The van der Waals surface area contributed by atoms with Gasteiger partial charge in [0.05, 0.1) is 0 Å². The maximum Gasteiger partial charge on any atom is 0.339 e. The van der Waals surface area contributed by atoms with Crippen LogP contribution in [0.5, 0.6) is 46.0 Å². The molecule has 8 N–H and O–H groups in total. The van der Waals surface area contributed by atoms with Crippen LogP contribution in [-0.2, 0) is 25.7 Å². The number of rotatable bonds is 22. The van der Waals surface area contributed by atoms with Crippen molar-refractivity contribution in [2.75, 3.05) is 0 Å². The minimum atomic E-state index is -1.13. The smallest absolute Gasteiger partial charge is 0.339 e. The van der Waals surface area contributed by atoms with Crippen LogP contribution in [0.15, 0.2) is 95.1 Å². The lowest BCUT2D eigenvalue weighted by Crippen LogP contribution is -2.45. The van der Waals surface area contributed by atoms with Crippen LogP contribution in [0.2, 0.25) is 0 Å². The summed E-state index contributed by atoms with van der Waals surface area (Å²) in [5.74, 6) is 1.62. The van der Waals surface area contributed by atoms with Crippen molar-refractivity contribution in [2.45, 2.75) is 293 Å². The Hall–Kier alpha value is -7.08. The second-order valence-corrected chi connectivity index (χ2v) is 31.2. The van der Waals surface area contributed by atoms with E-state index in [-0.39, 0.29) is 92.5 Å². The molecule has 98 heavy (non-hydrogen) atoms. The first-order chi connectivity index (χ1) is 46.4. The summed E-state index contributed by atoms with van der Waals surface area (Å²) in [6, 6.07) is 11.2. The number of phenols is 6. The standard InChI is InChI=1S/C22H30O4.C22H32O4.2C21H30O2/c1-5-6-7-8-14-12-17-19(20(23)18(14)21(24)25)15-11-13(2)9-10-16(15)22(3,4)26-17;1-5-6-7-8-15-12-18(23)20(21(24)19(15)22(25)26)17-11-14(4)9-10-16(17)13(2)3;1-5-6-7-8-15-12-18(22)20-16-11-14(2)9-10-17(16)21(3,4)23-19(20)13-15;1-5-6-7-8-16-12-19(22)21(20(23)13-16)18-11-15(4)9-10-17(18)14(2)3/h11-12,15-16,23H,5-10H2,1-4H3,(H,24,25);11-13,16-17,23-24H,5-10H2,1-4H3,(H,25,26);11-13,16-17,22H,5-10H2,1-4H3;11-13,17-18,22-23H,2,5-10H2,1,3-4H3/t15-,16-;16-,17+;16-,17-;17-,18+/m1010/s1. The number of ether oxygens (including phenoxy) is 2. The fourth-order valence-corrected chi connectivity index (χ4v) is 16.8. The van der Waals surface area contributed by atoms with Crippen molar-refractivity contribution >= 4 is 11.9 Å². The number of hydrogen-bond donors (Lipinski definition) is 8. The molecule has 0 radical (unpaired) electrons. The minimum absolute atomic E-state index is 0.00490. The highest BCUT2D eigenvalue weighted by molar-refractivity contribution is 5.95. The van der Waals surface area contributed by atoms with Gasteiger partial charge in [0.2, 0.25) is 0 Å². The van der Waals surface area contributed by atoms with Crippen molar-refractivity contribution in [1.29, 1.82) is 0 Å². The van der Waals surface area contributed by atoms with Crippen LogP contribution < -0.4 is 9.47 Å². The number of allylic oxidation sites excluding steroid dienone is 9. The minimum Gasteiger partial charge on any atom is -0.507 e. The number of carbonyl (C=O) groups is 2. The van der Waals surface area contributed by atoms with E-state index in [2.05, 4.69) is 134 Å². The number of unbranched alkanes of at least 4 members (excludes halogenated alkanes) is 8. The number of aryl methyl sites for hydroxylation is 4. The third kappa shape index (κ3) is 18.9. The Morgan fingerprint density at radius 3 is 1.29 bits per heavy atom. The van der Waals surface area contributed by atoms with E-state index in [4.69, 9.17) is 9.47 Å². The first-order valence-corrected chi connectivity index (χ1v) is 37.5. The molecule has 0 saturated carbocycles. The summed E-state index contributed by atoms with van der Waals surface area (Å²) in [7, 11) is 0. The summed E-state index contributed by atoms with van der Waals surface area (Å²) < 4.78 is 12.7. The molecule has 12 heteroatoms. The van der Waals surface area contributed by atoms with E-state index in [1.165, 1.54) is 60.0 Å². The molecule has 0 spiro atoms. The highest BCUT2D eigenvalue weighted by Gasteiger charge is 2.48. The number of phenolic OH excluding ortho intramolecular Hbond substituents is 4. The first-order valence-electron chi connectivity index (χ1n) is 37.5. The van der Waals surface area contributed by atoms with Gasteiger partial charge in [-0.05, 0) is 241 Å². The largest absolute Gasteiger partial charge is 0.507 e. The van der Waals surface area contributed by atoms with Crippen LogP contribution in [0.25, 0.3) is 0 Å². The van der Waals surface area contributed by atoms with Crippen molar-refractivity contribution in [3.05, 3.63) is 151 Å². The average molecular weight is 1350 g/mol. The van der Waals surface area contributed by atoms with Gasteiger partial charge in [-0.25, -0.2) is 9.59 Å². The molecule has 2 heterocycles. The molecule has 0 saturated heterocycles. The normalized spacial score (nSPS) is 22.4. The summed E-state index contributed by atoms with van der Waals surface area (Å²) in [5.41, 5.74) is 12.0. The second kappa shape index (κ2) is 34.8. The van der Waals surface area contributed by atoms with E-state index in [1.807, 2.05) is 31.2 Å². The molecular weight excluding hydrogens is 1220 g/mol. The molecule has 2 aliphatic heterocycles. The number of fused-ring (bicyclic) bond motifs is 6. The van der Waals surface area contributed by atoms with Crippen LogP contribution in [0.1, 0.15) is 321 Å². The molecular formula is C86H122O12. The zero-order valence-electron chi connectivity index (χ0n) is 62.4. The Morgan fingerprint density at radius 1 is 0.469 bits per heavy atom. The van der Waals surface area contributed by atoms with Gasteiger partial charge in [-0.2, -0.15) is 0 Å². The van der Waals surface area contributed by atoms with Gasteiger partial charge in [0.15, 0.2) is 0 Å². The van der Waals surface area contributed by atoms with Gasteiger partial charge < -0.3 is 50.3 Å². The Balaban J connectivity index is 0.000000184. The molecule has 4 aromatic rings. The van der Waals surface area contributed by atoms with Crippen LogP contribution >= 0.6 is 0 Å². The van der Waals surface area contributed by atoms with Gasteiger partial charge in [-0.1, -0.05) is 152 Å². The maximum atomic E-state index is 11.9. The summed E-state index contributed by atoms with van der Waals surface area (Å²) in [4.78, 5) is 23.7. The lowest BCUT2D eigenvalue weighted by atomic mass is 9.67. The number of aromatic hydroxyl groups is 6. The van der Waals surface area contributed by atoms with E-state index in [0.717, 1.165) is 132 Å². The second-order valence-electron chi connectivity index (χ2n) is 31.2. The molecule has 12 nitrogen and oxygen atoms in total. The number of hydrogen-bond acceptors (Lipinski definition) is 10. The molecule has 8 atom stereocenters. The molecule has 6 aliphatic rings. The topological polar surface area (TPSA) is 214 Å². The molecule has 0 fully saturated rings. The Kier molecular flexibility index (Phi) is 27.8. The summed E-state index contributed by atoms with van der Waals surface area (Å²) in [5, 5.41) is 83.7. The summed E-state index contributed by atoms with van der Waals surface area (Å²) in [6.45, 7) is 36.1. The monoisotopic (exact) mass is 1350 g/mol. The van der Waals surface area contributed by atoms with E-state index >= 15 is 0 Å². The fraction of sp³-hybridized carbons (Fsp3) is 0.581. The predicted molar refractivity (Wildman–Crippen MR) is 399 cm³/mol. The van der Waals surface area contributed by atoms with Gasteiger partial charge in [0.1, 0.15) is 68.3 Å². The fourth-order valence-electron chi connectivity index (χ4n) is 16.8. The predicted octanol–water partition coefficient (Wildman–Crippen LogP) is 22.6. The zero-order valence-corrected chi connectivity index (χ0v) is 62.4. The van der Waals surface area contributed by atoms with Gasteiger partial charge in [-0.3, -0.25) is 0 Å². The number of aromatic carboxylic acids is 2. The number of carboxylic acid groups (broad SMARTS) is 2. The van der Waals surface area contributed by atoms with Crippen LogP contribution in [0.4, 0.5) is 0 Å². The maximum absolute atomic E-state index is 11.9. The van der Waals surface area contributed by atoms with Crippen LogP contribution in [-0.4, -0.2) is 64.0 Å². The highest BCUT2D eigenvalue weighted by atomic mass is 16.5. The quantitative estimate of drug-likeness (QED) is 0.0273. The molecule has 0 bridgehead atoms. The molecule has 0 amide bonds. The van der Waals surface area contributed by atoms with E-state index in [0.29, 0.717) is 64.0 Å². The third-order valence-electron chi connectivity index (χ3n) is 22.2. The van der Waals surface area contributed by atoms with Crippen LogP contribution in [0.3, 0.4) is 0 Å². The number of carboxylic acids is 2. The van der Waals surface area contributed by atoms with E-state index < -0.39 is 11.9 Å². The van der Waals surface area contributed by atoms with Crippen LogP contribution in [0, 0.1) is 29.6 Å². The van der Waals surface area contributed by atoms with E-state index in [1.54, 1.807) is 6.07 Å². The van der Waals surface area contributed by atoms with Crippen molar-refractivity contribution in [3.8, 4) is 46.0 Å². The van der Waals surface area contributed by atoms with Gasteiger partial charge in [0, 0.05) is 57.8 Å².